The Hall–Kier alpha value is 1.34. The molecule has 2 saturated heterocycles. The average Bonchev–Trinajstić information content (AvgIpc) is 2.69. The van der Waals surface area contributed by atoms with Crippen LogP contribution < -0.4 is 69.7 Å². The molecule has 2 aliphatic heterocycles. The molecule has 17 heteroatoms. The number of rotatable bonds is 9. The van der Waals surface area contributed by atoms with Crippen molar-refractivity contribution in [2.24, 2.45) is 0 Å². The van der Waals surface area contributed by atoms with Crippen molar-refractivity contribution in [3.05, 3.63) is 6.61 Å². The molecule has 0 saturated carbocycles. The number of hydrogen-bond donors (Lipinski definition) is 5. The minimum absolute atomic E-state index is 0. The van der Waals surface area contributed by atoms with Crippen molar-refractivity contribution < 1.29 is 122 Å². The zero-order valence-electron chi connectivity index (χ0n) is 17.4. The van der Waals surface area contributed by atoms with E-state index in [-0.39, 0.29) is 71.4 Å². The summed E-state index contributed by atoms with van der Waals surface area (Å²) in [7, 11) is 1.29. The SMILES string of the molecule is CO[C@@H]1OC(CO)[C@H](OSOO[O-])[C@H](O[C@@H]2O[CH-][C@H](O)[C@H](O)C2O)C1NC(C)=O.[Na+].[Na+]. The molecule has 0 aromatic carbocycles. The molecule has 0 aromatic heterocycles. The van der Waals surface area contributed by atoms with Crippen LogP contribution in [0.15, 0.2) is 0 Å². The first kappa shape index (κ1) is 32.3. The van der Waals surface area contributed by atoms with Gasteiger partial charge in [0.15, 0.2) is 24.9 Å². The van der Waals surface area contributed by atoms with Gasteiger partial charge in [-0.3, -0.25) is 14.0 Å². The van der Waals surface area contributed by atoms with Crippen molar-refractivity contribution >= 4 is 18.2 Å². The van der Waals surface area contributed by atoms with Crippen LogP contribution >= 0.6 is 12.3 Å². The van der Waals surface area contributed by atoms with Crippen molar-refractivity contribution in [1.82, 2.24) is 5.32 Å². The Kier molecular flexibility index (Phi) is 16.8. The Bertz CT molecular complexity index is 527. The minimum Gasteiger partial charge on any atom is -0.691 e. The van der Waals surface area contributed by atoms with Gasteiger partial charge >= 0.3 is 59.1 Å². The van der Waals surface area contributed by atoms with Gasteiger partial charge in [0.25, 0.3) is 0 Å². The van der Waals surface area contributed by atoms with Crippen molar-refractivity contribution in [2.45, 2.75) is 62.2 Å². The van der Waals surface area contributed by atoms with Crippen LogP contribution in [0.25, 0.3) is 0 Å². The van der Waals surface area contributed by atoms with Gasteiger partial charge in [-0.1, -0.05) is 0 Å². The zero-order chi connectivity index (χ0) is 21.6. The Morgan fingerprint density at radius 3 is 2.42 bits per heavy atom. The van der Waals surface area contributed by atoms with Crippen molar-refractivity contribution in [3.63, 3.8) is 0 Å². The molecule has 2 rings (SSSR count). The fourth-order valence-electron chi connectivity index (χ4n) is 2.94. The number of methoxy groups -OCH3 is 1. The summed E-state index contributed by atoms with van der Waals surface area (Å²) in [5.74, 6) is -0.491. The van der Waals surface area contributed by atoms with E-state index in [9.17, 15) is 30.5 Å². The van der Waals surface area contributed by atoms with Crippen LogP contribution in [0.3, 0.4) is 0 Å². The average molecular weight is 491 g/mol. The Morgan fingerprint density at radius 1 is 1.19 bits per heavy atom. The number of aliphatic hydroxyl groups excluding tert-OH is 4. The summed E-state index contributed by atoms with van der Waals surface area (Å²) >= 11 is 0.116. The van der Waals surface area contributed by atoms with E-state index in [1.54, 1.807) is 0 Å². The molecule has 0 radical (unpaired) electrons. The third-order valence-electron chi connectivity index (χ3n) is 4.26. The topological polar surface area (TPSA) is 198 Å². The Labute approximate surface area is 226 Å². The van der Waals surface area contributed by atoms with E-state index in [1.807, 2.05) is 0 Å². The first-order chi connectivity index (χ1) is 13.8. The molecule has 0 aromatic rings. The van der Waals surface area contributed by atoms with E-state index >= 15 is 0 Å². The second-order valence-corrected chi connectivity index (χ2v) is 6.63. The summed E-state index contributed by atoms with van der Waals surface area (Å²) in [5.41, 5.74) is 0. The van der Waals surface area contributed by atoms with Crippen molar-refractivity contribution in [3.8, 4) is 0 Å². The number of ether oxygens (including phenoxy) is 4. The van der Waals surface area contributed by atoms with Gasteiger partial charge in [0, 0.05) is 14.0 Å². The van der Waals surface area contributed by atoms with E-state index < -0.39 is 67.8 Å². The molecule has 2 fully saturated rings. The summed E-state index contributed by atoms with van der Waals surface area (Å²) in [6.45, 7) is 1.50. The molecule has 2 heterocycles. The predicted octanol–water partition coefficient (Wildman–Crippen LogP) is -9.98. The van der Waals surface area contributed by atoms with Crippen LogP contribution in [0.2, 0.25) is 0 Å². The number of carbonyl (C=O) groups is 1. The van der Waals surface area contributed by atoms with Gasteiger partial charge in [0.1, 0.15) is 30.5 Å². The molecule has 9 atom stereocenters. The molecule has 31 heavy (non-hydrogen) atoms. The van der Waals surface area contributed by atoms with Gasteiger partial charge in [-0.2, -0.15) is 6.61 Å². The Morgan fingerprint density at radius 2 is 1.87 bits per heavy atom. The molecule has 3 unspecified atom stereocenters. The molecule has 14 nitrogen and oxygen atoms in total. The first-order valence-corrected chi connectivity index (χ1v) is 9.04. The van der Waals surface area contributed by atoms with Gasteiger partial charge in [0.2, 0.25) is 5.91 Å². The van der Waals surface area contributed by atoms with Crippen LogP contribution in [-0.4, -0.2) is 95.3 Å². The van der Waals surface area contributed by atoms with E-state index in [0.717, 1.165) is 6.61 Å². The van der Waals surface area contributed by atoms with E-state index in [0.29, 0.717) is 0 Å². The zero-order valence-corrected chi connectivity index (χ0v) is 22.2. The maximum Gasteiger partial charge on any atom is 1.00 e. The number of amides is 1. The molecule has 170 valence electrons. The van der Waals surface area contributed by atoms with Gasteiger partial charge in [0.05, 0.1) is 12.7 Å². The normalized spacial score (nSPS) is 38.0. The number of nitrogens with one attached hydrogen (secondary N) is 1. The molecular weight excluding hydrogens is 468 g/mol. The van der Waals surface area contributed by atoms with Crippen LogP contribution in [0, 0.1) is 6.61 Å². The quantitative estimate of drug-likeness (QED) is 0.0509. The van der Waals surface area contributed by atoms with Crippen molar-refractivity contribution in [1.29, 1.82) is 0 Å². The molecule has 0 bridgehead atoms. The van der Waals surface area contributed by atoms with Crippen LogP contribution in [-0.2, 0) is 37.3 Å². The number of hydrogen-bond acceptors (Lipinski definition) is 14. The number of aliphatic hydroxyl groups is 4. The minimum atomic E-state index is -1.67. The standard InChI is InChI=1S/C14H24NO13S.2Na/c1-5(17)15-8-12(25-14-10(20)9(19)6(18)4-23-14)11(26-29-28-27-21)7(3-16)24-13(8)22-2;;/h4,6-14,16,18-21H,3H2,1-2H3,(H,15,17);;/q-1;2*+1/p-1/t6-,7?,8?,9-,10?,11-,12+,13+,14-;;/m0../s1. The fraction of sp³-hybridized carbons (Fsp3) is 0.857. The largest absolute Gasteiger partial charge is 1.00 e. The van der Waals surface area contributed by atoms with Gasteiger partial charge in [-0.25, -0.2) is 0 Å². The van der Waals surface area contributed by atoms with Crippen LogP contribution in [0.1, 0.15) is 6.92 Å². The summed E-state index contributed by atoms with van der Waals surface area (Å²) in [6, 6.07) is -1.04. The predicted molar refractivity (Wildman–Crippen MR) is 87.1 cm³/mol. The van der Waals surface area contributed by atoms with Crippen LogP contribution in [0.4, 0.5) is 0 Å². The van der Waals surface area contributed by atoms with Crippen molar-refractivity contribution in [2.75, 3.05) is 13.7 Å². The van der Waals surface area contributed by atoms with Crippen LogP contribution in [0.5, 0.6) is 0 Å². The summed E-state index contributed by atoms with van der Waals surface area (Å²) in [6.07, 6.45) is -10.8. The third kappa shape index (κ3) is 8.81. The van der Waals surface area contributed by atoms with Gasteiger partial charge in [-0.15, -0.1) is 4.33 Å². The molecule has 1 amide bonds. The molecule has 5 N–H and O–H groups in total. The molecular formula is C14H23NNa2O13S. The smallest absolute Gasteiger partial charge is 0.691 e. The number of carbonyl (C=O) groups excluding carboxylic acids is 1. The fourth-order valence-corrected chi connectivity index (χ4v) is 3.32. The monoisotopic (exact) mass is 491 g/mol. The van der Waals surface area contributed by atoms with Gasteiger partial charge in [-0.05, 0) is 6.10 Å². The summed E-state index contributed by atoms with van der Waals surface area (Å²) < 4.78 is 30.9. The van der Waals surface area contributed by atoms with E-state index in [1.165, 1.54) is 14.0 Å². The summed E-state index contributed by atoms with van der Waals surface area (Å²) in [5, 5.41) is 54.9. The van der Waals surface area contributed by atoms with Gasteiger partial charge < -0.3 is 49.9 Å². The molecule has 0 spiro atoms. The maximum absolute atomic E-state index is 11.7. The molecule has 2 aliphatic rings. The van der Waals surface area contributed by atoms with E-state index in [2.05, 4.69) is 14.7 Å². The summed E-state index contributed by atoms with van der Waals surface area (Å²) in [4.78, 5) is 11.7. The third-order valence-corrected chi connectivity index (χ3v) is 4.67. The maximum atomic E-state index is 11.7. The second kappa shape index (κ2) is 16.1. The van der Waals surface area contributed by atoms with E-state index in [4.69, 9.17) is 23.1 Å². The molecule has 0 aliphatic carbocycles. The Balaban J connectivity index is 0.00000450. The first-order valence-electron chi connectivity index (χ1n) is 8.37. The second-order valence-electron chi connectivity index (χ2n) is 6.17.